The zero-order valence-electron chi connectivity index (χ0n) is 14.5. The van der Waals surface area contributed by atoms with Crippen LogP contribution in [0, 0.1) is 0 Å². The van der Waals surface area contributed by atoms with E-state index in [9.17, 15) is 14.7 Å². The third-order valence-electron chi connectivity index (χ3n) is 3.29. The van der Waals surface area contributed by atoms with Gasteiger partial charge in [0.25, 0.3) is 5.91 Å². The van der Waals surface area contributed by atoms with Gasteiger partial charge in [0.1, 0.15) is 17.2 Å². The van der Waals surface area contributed by atoms with Crippen LogP contribution in [0.5, 0.6) is 5.75 Å². The highest BCUT2D eigenvalue weighted by Crippen LogP contribution is 2.20. The van der Waals surface area contributed by atoms with Crippen molar-refractivity contribution < 1.29 is 14.7 Å². The molecular weight excluding hydrogens is 340 g/mol. The molecule has 0 aliphatic heterocycles. The Balaban J connectivity index is 2.06. The molecule has 1 heterocycles. The van der Waals surface area contributed by atoms with Gasteiger partial charge in [-0.25, -0.2) is 0 Å². The van der Waals surface area contributed by atoms with Gasteiger partial charge in [-0.3, -0.25) is 14.6 Å². The number of carbonyl (C=O) groups excluding carboxylic acids is 2. The second-order valence-electron chi connectivity index (χ2n) is 6.96. The Bertz CT molecular complexity index is 777. The number of benzene rings is 1. The van der Waals surface area contributed by atoms with Crippen molar-refractivity contribution in [1.82, 2.24) is 10.3 Å². The summed E-state index contributed by atoms with van der Waals surface area (Å²) in [6.07, 6.45) is 1.84. The van der Waals surface area contributed by atoms with Crippen molar-refractivity contribution in [3.8, 4) is 5.75 Å². The van der Waals surface area contributed by atoms with E-state index >= 15 is 0 Å². The number of aromatic hydroxyl groups is 1. The summed E-state index contributed by atoms with van der Waals surface area (Å²) in [6, 6.07) is 7.90. The van der Waals surface area contributed by atoms with Crippen LogP contribution in [0.15, 0.2) is 36.5 Å². The molecule has 0 radical (unpaired) electrons. The van der Waals surface area contributed by atoms with Gasteiger partial charge in [0.05, 0.1) is 0 Å². The van der Waals surface area contributed by atoms with Gasteiger partial charge >= 0.3 is 0 Å². The van der Waals surface area contributed by atoms with Crippen LogP contribution < -0.4 is 5.32 Å². The van der Waals surface area contributed by atoms with Crippen molar-refractivity contribution in [3.05, 3.63) is 58.4 Å². The van der Waals surface area contributed by atoms with E-state index < -0.39 is 0 Å². The summed E-state index contributed by atoms with van der Waals surface area (Å²) in [4.78, 5) is 28.5. The largest absolute Gasteiger partial charge is 0.508 e. The van der Waals surface area contributed by atoms with Crippen LogP contribution in [0.25, 0.3) is 0 Å². The van der Waals surface area contributed by atoms with Gasteiger partial charge in [-0.15, -0.1) is 0 Å². The fourth-order valence-corrected chi connectivity index (χ4v) is 2.62. The monoisotopic (exact) mass is 360 g/mol. The number of ketones is 1. The second-order valence-corrected chi connectivity index (χ2v) is 7.40. The molecular formula is C19H21ClN2O3. The molecule has 6 heteroatoms. The van der Waals surface area contributed by atoms with E-state index in [1.807, 2.05) is 20.8 Å². The number of hydrogen-bond donors (Lipinski definition) is 2. The molecule has 5 nitrogen and oxygen atoms in total. The maximum Gasteiger partial charge on any atom is 0.270 e. The number of rotatable bonds is 5. The molecule has 1 amide bonds. The molecule has 0 atom stereocenters. The molecule has 0 saturated carbocycles. The van der Waals surface area contributed by atoms with Crippen molar-refractivity contribution in [2.75, 3.05) is 0 Å². The van der Waals surface area contributed by atoms with Crippen LogP contribution in [0.3, 0.4) is 0 Å². The summed E-state index contributed by atoms with van der Waals surface area (Å²) in [5.41, 5.74) is 1.28. The molecule has 2 N–H and O–H groups in total. The third kappa shape index (κ3) is 6.19. The molecule has 1 aromatic heterocycles. The molecule has 2 rings (SSSR count). The van der Waals surface area contributed by atoms with Gasteiger partial charge < -0.3 is 10.4 Å². The first-order valence-corrected chi connectivity index (χ1v) is 8.28. The Morgan fingerprint density at radius 2 is 1.80 bits per heavy atom. The first kappa shape index (κ1) is 18.9. The maximum atomic E-state index is 12.3. The Morgan fingerprint density at radius 1 is 1.12 bits per heavy atom. The zero-order valence-corrected chi connectivity index (χ0v) is 15.2. The smallest absolute Gasteiger partial charge is 0.270 e. The van der Waals surface area contributed by atoms with E-state index in [0.717, 1.165) is 0 Å². The lowest BCUT2D eigenvalue weighted by Gasteiger charge is -2.20. The third-order valence-corrected chi connectivity index (χ3v) is 3.51. The first-order chi connectivity index (χ1) is 11.6. The van der Waals surface area contributed by atoms with Crippen LogP contribution in [-0.4, -0.2) is 27.3 Å². The fraction of sp³-hybridized carbons (Fsp3) is 0.316. The Morgan fingerprint density at radius 3 is 2.44 bits per heavy atom. The molecule has 0 spiro atoms. The highest BCUT2D eigenvalue weighted by atomic mass is 35.5. The van der Waals surface area contributed by atoms with Crippen molar-refractivity contribution >= 4 is 23.3 Å². The molecule has 0 aliphatic carbocycles. The number of phenols is 1. The second kappa shape index (κ2) is 7.66. The minimum atomic E-state index is -0.362. The van der Waals surface area contributed by atoms with E-state index in [4.69, 9.17) is 11.6 Å². The summed E-state index contributed by atoms with van der Waals surface area (Å²) >= 11 is 5.88. The maximum absolute atomic E-state index is 12.3. The molecule has 0 bridgehead atoms. The lowest BCUT2D eigenvalue weighted by atomic mass is 10.0. The number of nitrogens with one attached hydrogen (secondary N) is 1. The molecule has 0 saturated heterocycles. The van der Waals surface area contributed by atoms with Crippen molar-refractivity contribution in [1.29, 1.82) is 0 Å². The lowest BCUT2D eigenvalue weighted by Crippen LogP contribution is -2.40. The summed E-state index contributed by atoms with van der Waals surface area (Å²) in [6.45, 7) is 5.66. The molecule has 2 aromatic rings. The number of aromatic nitrogens is 1. The lowest BCUT2D eigenvalue weighted by molar-refractivity contribution is -0.117. The molecule has 25 heavy (non-hydrogen) atoms. The van der Waals surface area contributed by atoms with Gasteiger partial charge in [-0.05, 0) is 62.2 Å². The van der Waals surface area contributed by atoms with Gasteiger partial charge in [0.15, 0.2) is 0 Å². The van der Waals surface area contributed by atoms with Crippen LogP contribution in [-0.2, 0) is 17.6 Å². The molecule has 0 aliphatic rings. The Hall–Kier alpha value is -2.40. The van der Waals surface area contributed by atoms with Crippen molar-refractivity contribution in [2.45, 2.75) is 39.2 Å². The highest BCUT2D eigenvalue weighted by Gasteiger charge is 2.17. The summed E-state index contributed by atoms with van der Waals surface area (Å²) in [7, 11) is 0. The number of halogens is 1. The standard InChI is InChI=1S/C19H21ClN2O3/c1-19(2,3)22-18(25)17-10-12(4-5-21-17)7-15(23)8-13-6-14(20)11-16(24)9-13/h4-6,9-11,24H,7-8H2,1-3H3,(H,22,25). The quantitative estimate of drug-likeness (QED) is 0.857. The number of phenolic OH excluding ortho intramolecular Hbond substituents is 1. The number of Topliss-reactive ketones (excluding diaryl/α,β-unsaturated/α-hetero) is 1. The first-order valence-electron chi connectivity index (χ1n) is 7.90. The predicted molar refractivity (Wildman–Crippen MR) is 97.0 cm³/mol. The fourth-order valence-electron chi connectivity index (χ4n) is 2.37. The average molecular weight is 361 g/mol. The number of hydrogen-bond acceptors (Lipinski definition) is 4. The molecule has 0 unspecified atom stereocenters. The van der Waals surface area contributed by atoms with Crippen molar-refractivity contribution in [3.63, 3.8) is 0 Å². The molecule has 1 aromatic carbocycles. The normalized spacial score (nSPS) is 11.2. The number of nitrogens with zero attached hydrogens (tertiary/aromatic N) is 1. The summed E-state index contributed by atoms with van der Waals surface area (Å²) in [5, 5.41) is 12.8. The highest BCUT2D eigenvalue weighted by molar-refractivity contribution is 6.30. The zero-order chi connectivity index (χ0) is 18.6. The van der Waals surface area contributed by atoms with Gasteiger partial charge in [0.2, 0.25) is 0 Å². The van der Waals surface area contributed by atoms with Crippen LogP contribution in [0.2, 0.25) is 5.02 Å². The number of amides is 1. The number of carbonyl (C=O) groups is 2. The topological polar surface area (TPSA) is 79.3 Å². The SMILES string of the molecule is CC(C)(C)NC(=O)c1cc(CC(=O)Cc2cc(O)cc(Cl)c2)ccn1. The minimum Gasteiger partial charge on any atom is -0.508 e. The Labute approximate surface area is 152 Å². The van der Waals surface area contributed by atoms with Crippen LogP contribution in [0.1, 0.15) is 42.4 Å². The molecule has 0 fully saturated rings. The van der Waals surface area contributed by atoms with E-state index in [1.165, 1.54) is 18.3 Å². The predicted octanol–water partition coefficient (Wildman–Crippen LogP) is 3.32. The van der Waals surface area contributed by atoms with Crippen LogP contribution >= 0.6 is 11.6 Å². The summed E-state index contributed by atoms with van der Waals surface area (Å²) < 4.78 is 0. The Kier molecular flexibility index (Phi) is 5.80. The number of pyridine rings is 1. The van der Waals surface area contributed by atoms with E-state index in [2.05, 4.69) is 10.3 Å². The minimum absolute atomic E-state index is 0.0281. The van der Waals surface area contributed by atoms with Gasteiger partial charge in [0, 0.05) is 29.6 Å². The van der Waals surface area contributed by atoms with Crippen molar-refractivity contribution in [2.24, 2.45) is 0 Å². The van der Waals surface area contributed by atoms with Gasteiger partial charge in [-0.1, -0.05) is 11.6 Å². The average Bonchev–Trinajstić information content (AvgIpc) is 2.44. The molecule has 132 valence electrons. The van der Waals surface area contributed by atoms with Gasteiger partial charge in [-0.2, -0.15) is 0 Å². The van der Waals surface area contributed by atoms with E-state index in [1.54, 1.807) is 18.2 Å². The van der Waals surface area contributed by atoms with Crippen LogP contribution in [0.4, 0.5) is 0 Å². The van der Waals surface area contributed by atoms with E-state index in [-0.39, 0.29) is 41.5 Å². The van der Waals surface area contributed by atoms with E-state index in [0.29, 0.717) is 16.1 Å². The summed E-state index contributed by atoms with van der Waals surface area (Å²) in [5.74, 6) is -0.294.